The molecule has 2 nitrogen and oxygen atoms in total. The highest BCUT2D eigenvalue weighted by molar-refractivity contribution is 5.93. The topological polar surface area (TPSA) is 37.3 Å². The fourth-order valence-corrected chi connectivity index (χ4v) is 5.50. The van der Waals surface area contributed by atoms with E-state index in [-0.39, 0.29) is 11.5 Å². The van der Waals surface area contributed by atoms with E-state index in [1.165, 1.54) is 24.0 Å². The van der Waals surface area contributed by atoms with Gasteiger partial charge < -0.3 is 5.11 Å². The van der Waals surface area contributed by atoms with Crippen molar-refractivity contribution in [3.8, 4) is 0 Å². The lowest BCUT2D eigenvalue weighted by Crippen LogP contribution is -2.42. The summed E-state index contributed by atoms with van der Waals surface area (Å²) < 4.78 is 0. The van der Waals surface area contributed by atoms with Crippen LogP contribution < -0.4 is 0 Å². The molecule has 1 unspecified atom stereocenters. The molecule has 0 radical (unpaired) electrons. The van der Waals surface area contributed by atoms with Crippen molar-refractivity contribution in [1.29, 1.82) is 0 Å². The zero-order valence-electron chi connectivity index (χ0n) is 12.3. The Morgan fingerprint density at radius 2 is 2.00 bits per heavy atom. The van der Waals surface area contributed by atoms with Gasteiger partial charge in [-0.15, -0.1) is 0 Å². The molecular formula is C18H24O2. The second-order valence-electron chi connectivity index (χ2n) is 7.49. The first-order valence-electron chi connectivity index (χ1n) is 8.23. The fraction of sp³-hybridized carbons (Fsp3) is 0.722. The molecule has 4 rings (SSSR count). The Kier molecular flexibility index (Phi) is 2.76. The van der Waals surface area contributed by atoms with Gasteiger partial charge in [0.1, 0.15) is 0 Å². The fourth-order valence-electron chi connectivity index (χ4n) is 5.50. The molecule has 0 bridgehead atoms. The first-order valence-corrected chi connectivity index (χ1v) is 8.23. The Morgan fingerprint density at radius 1 is 1.15 bits per heavy atom. The molecule has 4 aliphatic carbocycles. The van der Waals surface area contributed by atoms with E-state index < -0.39 is 0 Å². The summed E-state index contributed by atoms with van der Waals surface area (Å²) >= 11 is 0. The molecule has 0 saturated heterocycles. The smallest absolute Gasteiger partial charge is 0.156 e. The molecule has 0 heterocycles. The van der Waals surface area contributed by atoms with Gasteiger partial charge in [0.15, 0.2) is 5.78 Å². The van der Waals surface area contributed by atoms with E-state index in [0.29, 0.717) is 24.0 Å². The van der Waals surface area contributed by atoms with Gasteiger partial charge in [-0.2, -0.15) is 0 Å². The standard InChI is InChI=1S/C18H24O2/c1-18-9-8-14-13-5-3-12(19)10-11(13)2-4-15(14)16(18)6-7-17(18)20/h10,15-17,20H,2-9H2,1H3/t15-,16+,17+,18?/m1/s1. The van der Waals surface area contributed by atoms with Gasteiger partial charge in [0, 0.05) is 6.42 Å². The summed E-state index contributed by atoms with van der Waals surface area (Å²) in [6, 6.07) is 0. The molecule has 0 amide bonds. The van der Waals surface area contributed by atoms with Crippen molar-refractivity contribution in [3.63, 3.8) is 0 Å². The maximum Gasteiger partial charge on any atom is 0.156 e. The van der Waals surface area contributed by atoms with Gasteiger partial charge in [-0.3, -0.25) is 4.79 Å². The number of carbonyl (C=O) groups excluding carboxylic acids is 1. The quantitative estimate of drug-likeness (QED) is 0.732. The predicted molar refractivity (Wildman–Crippen MR) is 78.1 cm³/mol. The van der Waals surface area contributed by atoms with E-state index in [4.69, 9.17) is 0 Å². The summed E-state index contributed by atoms with van der Waals surface area (Å²) in [5.41, 5.74) is 4.69. The minimum atomic E-state index is -0.0936. The van der Waals surface area contributed by atoms with Crippen LogP contribution in [-0.2, 0) is 4.79 Å². The van der Waals surface area contributed by atoms with Gasteiger partial charge in [0.25, 0.3) is 0 Å². The minimum absolute atomic E-state index is 0.0936. The van der Waals surface area contributed by atoms with E-state index in [1.54, 1.807) is 5.57 Å². The number of hydrogen-bond donors (Lipinski definition) is 1. The number of allylic oxidation sites excluding steroid dienone is 4. The van der Waals surface area contributed by atoms with Crippen LogP contribution in [0.3, 0.4) is 0 Å². The number of hydrogen-bond acceptors (Lipinski definition) is 2. The number of ketones is 1. The molecule has 2 fully saturated rings. The molecule has 2 saturated carbocycles. The highest BCUT2D eigenvalue weighted by atomic mass is 16.3. The van der Waals surface area contributed by atoms with E-state index in [1.807, 2.05) is 6.08 Å². The summed E-state index contributed by atoms with van der Waals surface area (Å²) in [5, 5.41) is 10.4. The van der Waals surface area contributed by atoms with Crippen molar-refractivity contribution in [2.24, 2.45) is 17.3 Å². The predicted octanol–water partition coefficient (Wildman–Crippen LogP) is 3.55. The zero-order valence-corrected chi connectivity index (χ0v) is 12.3. The van der Waals surface area contributed by atoms with Crippen LogP contribution in [0.5, 0.6) is 0 Å². The second-order valence-corrected chi connectivity index (χ2v) is 7.49. The zero-order chi connectivity index (χ0) is 13.9. The van der Waals surface area contributed by atoms with Crippen LogP contribution in [0.4, 0.5) is 0 Å². The van der Waals surface area contributed by atoms with Crippen molar-refractivity contribution in [2.75, 3.05) is 0 Å². The summed E-state index contributed by atoms with van der Waals surface area (Å²) in [4.78, 5) is 11.6. The summed E-state index contributed by atoms with van der Waals surface area (Å²) in [7, 11) is 0. The summed E-state index contributed by atoms with van der Waals surface area (Å²) in [6.45, 7) is 2.31. The number of aliphatic hydroxyl groups is 1. The van der Waals surface area contributed by atoms with Crippen LogP contribution in [0.15, 0.2) is 22.8 Å². The summed E-state index contributed by atoms with van der Waals surface area (Å²) in [6.07, 6.45) is 10.2. The molecular weight excluding hydrogens is 248 g/mol. The van der Waals surface area contributed by atoms with Gasteiger partial charge in [0.2, 0.25) is 0 Å². The molecule has 108 valence electrons. The lowest BCUT2D eigenvalue weighted by Gasteiger charge is -2.48. The van der Waals surface area contributed by atoms with Crippen LogP contribution in [0.1, 0.15) is 58.3 Å². The molecule has 0 aromatic heterocycles. The first-order chi connectivity index (χ1) is 9.59. The lowest BCUT2D eigenvalue weighted by molar-refractivity contribution is -0.114. The molecule has 0 aromatic rings. The molecule has 0 aliphatic heterocycles. The number of rotatable bonds is 0. The monoisotopic (exact) mass is 272 g/mol. The summed E-state index contributed by atoms with van der Waals surface area (Å²) in [5.74, 6) is 1.68. The average molecular weight is 272 g/mol. The van der Waals surface area contributed by atoms with Crippen LogP contribution in [-0.4, -0.2) is 17.0 Å². The first kappa shape index (κ1) is 12.8. The molecule has 1 N–H and O–H groups in total. The molecule has 0 spiro atoms. The van der Waals surface area contributed by atoms with E-state index in [0.717, 1.165) is 32.1 Å². The van der Waals surface area contributed by atoms with E-state index in [2.05, 4.69) is 6.92 Å². The minimum Gasteiger partial charge on any atom is -0.393 e. The van der Waals surface area contributed by atoms with Gasteiger partial charge >= 0.3 is 0 Å². The van der Waals surface area contributed by atoms with Gasteiger partial charge in [-0.05, 0) is 79.4 Å². The number of carbonyl (C=O) groups is 1. The van der Waals surface area contributed by atoms with Crippen LogP contribution in [0.25, 0.3) is 0 Å². The SMILES string of the molecule is CC12CCC3=C4CCC(=O)C=C4CC[C@H]3[C@@H]1CC[C@@H]2O. The van der Waals surface area contributed by atoms with Crippen molar-refractivity contribution in [3.05, 3.63) is 22.8 Å². The lowest BCUT2D eigenvalue weighted by atomic mass is 9.57. The Labute approximate surface area is 120 Å². The van der Waals surface area contributed by atoms with E-state index >= 15 is 0 Å². The Bertz CT molecular complexity index is 528. The average Bonchev–Trinajstić information content (AvgIpc) is 2.74. The highest BCUT2D eigenvalue weighted by Crippen LogP contribution is 2.59. The maximum atomic E-state index is 11.6. The molecule has 4 atom stereocenters. The number of fused-ring (bicyclic) bond motifs is 4. The molecule has 2 heteroatoms. The largest absolute Gasteiger partial charge is 0.393 e. The van der Waals surface area contributed by atoms with Crippen LogP contribution in [0, 0.1) is 17.3 Å². The van der Waals surface area contributed by atoms with Crippen molar-refractivity contribution in [2.45, 2.75) is 64.4 Å². The Morgan fingerprint density at radius 3 is 2.85 bits per heavy atom. The van der Waals surface area contributed by atoms with Crippen molar-refractivity contribution in [1.82, 2.24) is 0 Å². The molecule has 4 aliphatic rings. The Hall–Kier alpha value is -0.890. The van der Waals surface area contributed by atoms with Gasteiger partial charge in [-0.1, -0.05) is 12.5 Å². The number of aliphatic hydroxyl groups excluding tert-OH is 1. The molecule has 0 aromatic carbocycles. The highest BCUT2D eigenvalue weighted by Gasteiger charge is 2.53. The van der Waals surface area contributed by atoms with Crippen LogP contribution >= 0.6 is 0 Å². The third-order valence-corrected chi connectivity index (χ3v) is 6.68. The van der Waals surface area contributed by atoms with Gasteiger partial charge in [0.05, 0.1) is 6.10 Å². The van der Waals surface area contributed by atoms with Crippen molar-refractivity contribution >= 4 is 5.78 Å². The molecule has 20 heavy (non-hydrogen) atoms. The normalized spacial score (nSPS) is 43.8. The van der Waals surface area contributed by atoms with Crippen molar-refractivity contribution < 1.29 is 9.90 Å². The maximum absolute atomic E-state index is 11.6. The second kappa shape index (κ2) is 4.30. The Balaban J connectivity index is 1.74. The van der Waals surface area contributed by atoms with Gasteiger partial charge in [-0.25, -0.2) is 0 Å². The third-order valence-electron chi connectivity index (χ3n) is 6.68. The van der Waals surface area contributed by atoms with E-state index in [9.17, 15) is 9.90 Å². The third kappa shape index (κ3) is 1.64. The van der Waals surface area contributed by atoms with Crippen LogP contribution in [0.2, 0.25) is 0 Å².